The van der Waals surface area contributed by atoms with Crippen LogP contribution in [0.4, 0.5) is 14.5 Å². The molecule has 4 unspecified atom stereocenters. The second-order valence-corrected chi connectivity index (χ2v) is 15.2. The number of fused-ring (bicyclic) bond motifs is 3. The maximum Gasteiger partial charge on any atom is 0.258 e. The van der Waals surface area contributed by atoms with Gasteiger partial charge in [-0.3, -0.25) is 19.6 Å². The standard InChI is InChI=1S/C39H45F2N7O3/c1-38-20-33-30(19-34(38)39(38,40)41)36(45-44-33)32-18-28-17-26(5-9-31(28)43-32)37(51)47-15-13-46(14-16-47)21-24-11-12-48(22-24)29-7-3-25(4-8-29)27(23-49)6-10-35(50)42-2/h3-5,7-9,17-18,23-24,27,34,43H,6,10-16,19-22H2,1-2H3,(H,42,50)(H,44,45). The van der Waals surface area contributed by atoms with Gasteiger partial charge in [0.25, 0.3) is 11.8 Å². The normalized spacial score (nSPS) is 24.6. The fourth-order valence-corrected chi connectivity index (χ4v) is 8.78. The molecule has 0 bridgehead atoms. The van der Waals surface area contributed by atoms with Crippen molar-refractivity contribution in [2.24, 2.45) is 17.3 Å². The van der Waals surface area contributed by atoms with Crippen LogP contribution in [-0.4, -0.2) is 102 Å². The minimum absolute atomic E-state index is 0.0210. The van der Waals surface area contributed by atoms with Gasteiger partial charge in [0.2, 0.25) is 5.91 Å². The zero-order valence-corrected chi connectivity index (χ0v) is 29.2. The topological polar surface area (TPSA) is 117 Å². The van der Waals surface area contributed by atoms with Gasteiger partial charge in [-0.2, -0.15) is 5.10 Å². The first kappa shape index (κ1) is 33.6. The minimum atomic E-state index is -2.64. The first-order valence-electron chi connectivity index (χ1n) is 18.2. The molecule has 0 radical (unpaired) electrons. The van der Waals surface area contributed by atoms with E-state index in [0.717, 1.165) is 84.5 Å². The monoisotopic (exact) mass is 697 g/mol. The highest BCUT2D eigenvalue weighted by atomic mass is 19.3. The van der Waals surface area contributed by atoms with E-state index in [1.807, 2.05) is 41.3 Å². The summed E-state index contributed by atoms with van der Waals surface area (Å²) in [6.07, 6.45) is 3.48. The fourth-order valence-electron chi connectivity index (χ4n) is 8.78. The Hall–Kier alpha value is -4.58. The molecule has 4 atom stereocenters. The summed E-state index contributed by atoms with van der Waals surface area (Å²) in [5.74, 6) is -3.07. The van der Waals surface area contributed by atoms with Gasteiger partial charge in [-0.25, -0.2) is 8.78 Å². The minimum Gasteiger partial charge on any atom is -0.371 e. The number of alkyl halides is 2. The molecule has 12 heteroatoms. The molecule has 2 aromatic carbocycles. The molecular formula is C39H45F2N7O3. The first-order valence-corrected chi connectivity index (χ1v) is 18.2. The highest BCUT2D eigenvalue weighted by Gasteiger charge is 2.78. The van der Waals surface area contributed by atoms with Crippen molar-refractivity contribution in [2.45, 2.75) is 50.9 Å². The zero-order valence-electron chi connectivity index (χ0n) is 29.2. The van der Waals surface area contributed by atoms with Crippen LogP contribution in [0.15, 0.2) is 48.5 Å². The van der Waals surface area contributed by atoms with Crippen molar-refractivity contribution in [2.75, 3.05) is 57.8 Å². The van der Waals surface area contributed by atoms with Crippen molar-refractivity contribution < 1.29 is 23.2 Å². The third-order valence-corrected chi connectivity index (χ3v) is 12.2. The number of piperazine rings is 1. The summed E-state index contributed by atoms with van der Waals surface area (Å²) in [5.41, 5.74) is 5.77. The van der Waals surface area contributed by atoms with Crippen LogP contribution in [0.25, 0.3) is 22.3 Å². The van der Waals surface area contributed by atoms with Gasteiger partial charge in [-0.05, 0) is 67.1 Å². The highest BCUT2D eigenvalue weighted by molar-refractivity contribution is 5.99. The van der Waals surface area contributed by atoms with Crippen LogP contribution in [0.5, 0.6) is 0 Å². The van der Waals surface area contributed by atoms with Gasteiger partial charge in [-0.1, -0.05) is 19.1 Å². The van der Waals surface area contributed by atoms with Crippen molar-refractivity contribution in [3.05, 3.63) is 70.9 Å². The Morgan fingerprint density at radius 1 is 1.08 bits per heavy atom. The number of amides is 2. The molecule has 4 heterocycles. The van der Waals surface area contributed by atoms with E-state index in [1.165, 1.54) is 0 Å². The molecule has 0 spiro atoms. The van der Waals surface area contributed by atoms with Crippen molar-refractivity contribution >= 4 is 34.7 Å². The number of carbonyl (C=O) groups is 3. The molecule has 8 rings (SSSR count). The molecule has 2 saturated heterocycles. The third-order valence-electron chi connectivity index (χ3n) is 12.2. The predicted octanol–water partition coefficient (Wildman–Crippen LogP) is 5.02. The maximum atomic E-state index is 14.5. The average molecular weight is 698 g/mol. The van der Waals surface area contributed by atoms with Gasteiger partial charge in [0.05, 0.1) is 5.69 Å². The summed E-state index contributed by atoms with van der Waals surface area (Å²) >= 11 is 0. The summed E-state index contributed by atoms with van der Waals surface area (Å²) in [6.45, 7) is 7.64. The molecule has 1 saturated carbocycles. The molecule has 10 nitrogen and oxygen atoms in total. The molecule has 2 amide bonds. The number of nitrogens with zero attached hydrogens (tertiary/aromatic N) is 4. The lowest BCUT2D eigenvalue weighted by atomic mass is 9.87. The summed E-state index contributed by atoms with van der Waals surface area (Å²) in [5, 5.41) is 11.0. The lowest BCUT2D eigenvalue weighted by Crippen LogP contribution is -2.49. The largest absolute Gasteiger partial charge is 0.371 e. The number of aromatic nitrogens is 3. The van der Waals surface area contributed by atoms with Crippen LogP contribution < -0.4 is 10.2 Å². The van der Waals surface area contributed by atoms with Crippen molar-refractivity contribution in [1.82, 2.24) is 30.3 Å². The van der Waals surface area contributed by atoms with Crippen LogP contribution in [0.3, 0.4) is 0 Å². The Balaban J connectivity index is 0.836. The van der Waals surface area contributed by atoms with E-state index < -0.39 is 17.3 Å². The van der Waals surface area contributed by atoms with E-state index >= 15 is 0 Å². The molecule has 2 aliphatic heterocycles. The van der Waals surface area contributed by atoms with Gasteiger partial charge in [-0.15, -0.1) is 0 Å². The van der Waals surface area contributed by atoms with Crippen molar-refractivity contribution in [3.63, 3.8) is 0 Å². The van der Waals surface area contributed by atoms with Crippen LogP contribution >= 0.6 is 0 Å². The number of hydrogen-bond donors (Lipinski definition) is 3. The molecule has 2 aliphatic carbocycles. The number of benzene rings is 2. The maximum absolute atomic E-state index is 14.5. The second-order valence-electron chi connectivity index (χ2n) is 15.2. The Bertz CT molecular complexity index is 1960. The molecular weight excluding hydrogens is 652 g/mol. The van der Waals surface area contributed by atoms with Gasteiger partial charge in [0.15, 0.2) is 0 Å². The molecule has 3 N–H and O–H groups in total. The van der Waals surface area contributed by atoms with E-state index in [9.17, 15) is 23.2 Å². The Labute approximate surface area is 295 Å². The second kappa shape index (κ2) is 12.9. The van der Waals surface area contributed by atoms with Crippen molar-refractivity contribution in [1.29, 1.82) is 0 Å². The number of rotatable bonds is 10. The number of hydrogen-bond acceptors (Lipinski definition) is 6. The van der Waals surface area contributed by atoms with E-state index in [0.29, 0.717) is 55.9 Å². The Morgan fingerprint density at radius 3 is 2.61 bits per heavy atom. The lowest BCUT2D eigenvalue weighted by molar-refractivity contribution is -0.120. The third kappa shape index (κ3) is 6.00. The molecule has 3 fully saturated rings. The van der Waals surface area contributed by atoms with E-state index in [1.54, 1.807) is 14.0 Å². The molecule has 4 aromatic rings. The van der Waals surface area contributed by atoms with Gasteiger partial charge < -0.3 is 24.9 Å². The van der Waals surface area contributed by atoms with Crippen LogP contribution in [-0.2, 0) is 22.4 Å². The Kier molecular flexibility index (Phi) is 8.47. The summed E-state index contributed by atoms with van der Waals surface area (Å²) in [7, 11) is 1.61. The molecule has 4 aliphatic rings. The first-order chi connectivity index (χ1) is 24.6. The number of H-pyrrole nitrogens is 2. The average Bonchev–Trinajstić information content (AvgIpc) is 3.74. The van der Waals surface area contributed by atoms with Gasteiger partial charge in [0.1, 0.15) is 12.0 Å². The van der Waals surface area contributed by atoms with Crippen LogP contribution in [0.2, 0.25) is 0 Å². The summed E-state index contributed by atoms with van der Waals surface area (Å²) < 4.78 is 28.9. The number of nitrogens with one attached hydrogen (secondary N) is 3. The van der Waals surface area contributed by atoms with Crippen LogP contribution in [0.1, 0.15) is 59.3 Å². The summed E-state index contributed by atoms with van der Waals surface area (Å²) in [6, 6.07) is 15.8. The predicted molar refractivity (Wildman–Crippen MR) is 191 cm³/mol. The molecule has 2 aromatic heterocycles. The fraction of sp³-hybridized carbons (Fsp3) is 0.487. The number of aromatic amines is 2. The van der Waals surface area contributed by atoms with Gasteiger partial charge in [0, 0.05) is 116 Å². The SMILES string of the molecule is CNC(=O)CCC(C=O)c1ccc(N2CCC(CN3CCN(C(=O)c4ccc5[nH]c(-c6n[nH]c7c6CC6C(F)(F)C6(C)C7)cc5c4)CC3)C2)cc1. The smallest absolute Gasteiger partial charge is 0.258 e. The number of aldehydes is 1. The molecule has 51 heavy (non-hydrogen) atoms. The number of halogens is 2. The lowest BCUT2D eigenvalue weighted by Gasteiger charge is -2.36. The number of carbonyl (C=O) groups excluding carboxylic acids is 3. The Morgan fingerprint density at radius 2 is 1.86 bits per heavy atom. The number of anilines is 1. The van der Waals surface area contributed by atoms with E-state index in [4.69, 9.17) is 0 Å². The molecule has 268 valence electrons. The van der Waals surface area contributed by atoms with Crippen LogP contribution in [0, 0.1) is 17.3 Å². The van der Waals surface area contributed by atoms with E-state index in [2.05, 4.69) is 42.4 Å². The van der Waals surface area contributed by atoms with Crippen molar-refractivity contribution in [3.8, 4) is 11.4 Å². The highest BCUT2D eigenvalue weighted by Crippen LogP contribution is 2.70. The summed E-state index contributed by atoms with van der Waals surface area (Å²) in [4.78, 5) is 47.1. The van der Waals surface area contributed by atoms with E-state index in [-0.39, 0.29) is 17.7 Å². The quantitative estimate of drug-likeness (QED) is 0.201. The van der Waals surface area contributed by atoms with Gasteiger partial charge >= 0.3 is 0 Å². The zero-order chi connectivity index (χ0) is 35.5.